The van der Waals surface area contributed by atoms with Crippen molar-refractivity contribution in [3.63, 3.8) is 0 Å². The quantitative estimate of drug-likeness (QED) is 0.901. The van der Waals surface area contributed by atoms with Gasteiger partial charge in [-0.25, -0.2) is 9.97 Å². The maximum Gasteiger partial charge on any atom is 0.133 e. The van der Waals surface area contributed by atoms with Gasteiger partial charge in [-0.3, -0.25) is 0 Å². The molecule has 0 amide bonds. The Morgan fingerprint density at radius 3 is 2.19 bits per heavy atom. The third-order valence-corrected chi connectivity index (χ3v) is 3.67. The van der Waals surface area contributed by atoms with Crippen LogP contribution in [0.5, 0.6) is 0 Å². The summed E-state index contributed by atoms with van der Waals surface area (Å²) in [6, 6.07) is 8.73. The molecule has 2 rings (SSSR count). The van der Waals surface area contributed by atoms with Crippen LogP contribution in [0.4, 0.5) is 5.82 Å². The second-order valence-electron chi connectivity index (χ2n) is 6.26. The van der Waals surface area contributed by atoms with Crippen molar-refractivity contribution in [2.45, 2.75) is 46.5 Å². The Labute approximate surface area is 127 Å². The van der Waals surface area contributed by atoms with E-state index in [9.17, 15) is 0 Å². The zero-order valence-electron chi connectivity index (χ0n) is 13.7. The molecule has 1 aromatic carbocycles. The Morgan fingerprint density at radius 1 is 1.00 bits per heavy atom. The average molecular weight is 283 g/mol. The predicted molar refractivity (Wildman–Crippen MR) is 89.7 cm³/mol. The molecule has 2 aromatic rings. The molecular formula is C18H25N3. The van der Waals surface area contributed by atoms with E-state index in [4.69, 9.17) is 0 Å². The summed E-state index contributed by atoms with van der Waals surface area (Å²) >= 11 is 0. The van der Waals surface area contributed by atoms with Crippen LogP contribution in [-0.2, 0) is 11.8 Å². The standard InChI is InChI=1S/C18H25N3/c1-6-15-16(20-12-21-17(15)19-7-2)13-8-10-14(11-9-13)18(3,4)5/h8-12H,6-7H2,1-5H3,(H,19,20,21). The van der Waals surface area contributed by atoms with Crippen LogP contribution < -0.4 is 5.32 Å². The first-order valence-corrected chi connectivity index (χ1v) is 7.66. The van der Waals surface area contributed by atoms with Crippen molar-refractivity contribution in [2.24, 2.45) is 0 Å². The molecule has 0 atom stereocenters. The zero-order chi connectivity index (χ0) is 15.5. The second-order valence-corrected chi connectivity index (χ2v) is 6.26. The molecule has 0 saturated carbocycles. The van der Waals surface area contributed by atoms with E-state index in [1.165, 1.54) is 11.1 Å². The molecule has 112 valence electrons. The molecule has 0 fully saturated rings. The maximum absolute atomic E-state index is 4.50. The van der Waals surface area contributed by atoms with E-state index in [0.717, 1.165) is 30.0 Å². The number of anilines is 1. The molecule has 0 saturated heterocycles. The van der Waals surface area contributed by atoms with Crippen molar-refractivity contribution in [3.05, 3.63) is 41.7 Å². The highest BCUT2D eigenvalue weighted by atomic mass is 15.0. The lowest BCUT2D eigenvalue weighted by atomic mass is 9.86. The van der Waals surface area contributed by atoms with Gasteiger partial charge in [-0.2, -0.15) is 0 Å². The summed E-state index contributed by atoms with van der Waals surface area (Å²) in [5, 5.41) is 3.32. The van der Waals surface area contributed by atoms with Crippen LogP contribution in [-0.4, -0.2) is 16.5 Å². The van der Waals surface area contributed by atoms with Gasteiger partial charge in [0, 0.05) is 17.7 Å². The number of rotatable bonds is 4. The molecular weight excluding hydrogens is 258 g/mol. The summed E-state index contributed by atoms with van der Waals surface area (Å²) in [7, 11) is 0. The zero-order valence-corrected chi connectivity index (χ0v) is 13.7. The SMILES string of the molecule is CCNc1ncnc(-c2ccc(C(C)(C)C)cc2)c1CC. The van der Waals surface area contributed by atoms with Gasteiger partial charge in [-0.15, -0.1) is 0 Å². The summed E-state index contributed by atoms with van der Waals surface area (Å²) in [6.45, 7) is 11.8. The van der Waals surface area contributed by atoms with Crippen LogP contribution in [0.3, 0.4) is 0 Å². The lowest BCUT2D eigenvalue weighted by Gasteiger charge is -2.19. The number of hydrogen-bond donors (Lipinski definition) is 1. The highest BCUT2D eigenvalue weighted by Crippen LogP contribution is 2.29. The molecule has 0 radical (unpaired) electrons. The first-order valence-electron chi connectivity index (χ1n) is 7.66. The second kappa shape index (κ2) is 6.25. The van der Waals surface area contributed by atoms with Crippen molar-refractivity contribution in [2.75, 3.05) is 11.9 Å². The minimum atomic E-state index is 0.173. The van der Waals surface area contributed by atoms with Gasteiger partial charge in [0.2, 0.25) is 0 Å². The fourth-order valence-electron chi connectivity index (χ4n) is 2.44. The predicted octanol–water partition coefficient (Wildman–Crippen LogP) is 4.44. The van der Waals surface area contributed by atoms with Crippen LogP contribution in [0.15, 0.2) is 30.6 Å². The molecule has 3 heteroatoms. The summed E-state index contributed by atoms with van der Waals surface area (Å²) in [6.07, 6.45) is 2.56. The molecule has 1 aromatic heterocycles. The van der Waals surface area contributed by atoms with Gasteiger partial charge in [-0.1, -0.05) is 52.0 Å². The Kier molecular flexibility index (Phi) is 4.61. The number of nitrogens with zero attached hydrogens (tertiary/aromatic N) is 2. The van der Waals surface area contributed by atoms with E-state index >= 15 is 0 Å². The van der Waals surface area contributed by atoms with Crippen molar-refractivity contribution in [1.82, 2.24) is 9.97 Å². The fraction of sp³-hybridized carbons (Fsp3) is 0.444. The third kappa shape index (κ3) is 3.41. The Hall–Kier alpha value is -1.90. The van der Waals surface area contributed by atoms with Crippen molar-refractivity contribution in [1.29, 1.82) is 0 Å². The molecule has 21 heavy (non-hydrogen) atoms. The maximum atomic E-state index is 4.50. The third-order valence-electron chi connectivity index (χ3n) is 3.67. The Morgan fingerprint density at radius 2 is 1.67 bits per heavy atom. The topological polar surface area (TPSA) is 37.8 Å². The van der Waals surface area contributed by atoms with E-state index in [1.54, 1.807) is 6.33 Å². The van der Waals surface area contributed by atoms with Gasteiger partial charge in [0.1, 0.15) is 12.1 Å². The van der Waals surface area contributed by atoms with E-state index in [2.05, 4.69) is 74.2 Å². The lowest BCUT2D eigenvalue weighted by molar-refractivity contribution is 0.590. The van der Waals surface area contributed by atoms with Crippen molar-refractivity contribution in [3.8, 4) is 11.3 Å². The number of aromatic nitrogens is 2. The first-order chi connectivity index (χ1) is 9.97. The monoisotopic (exact) mass is 283 g/mol. The molecule has 0 aliphatic carbocycles. The van der Waals surface area contributed by atoms with Gasteiger partial charge in [0.05, 0.1) is 5.69 Å². The van der Waals surface area contributed by atoms with Crippen molar-refractivity contribution < 1.29 is 0 Å². The summed E-state index contributed by atoms with van der Waals surface area (Å²) in [4.78, 5) is 8.86. The van der Waals surface area contributed by atoms with Crippen LogP contribution in [0.25, 0.3) is 11.3 Å². The van der Waals surface area contributed by atoms with E-state index in [0.29, 0.717) is 0 Å². The van der Waals surface area contributed by atoms with Crippen LogP contribution in [0.1, 0.15) is 45.7 Å². The van der Waals surface area contributed by atoms with Gasteiger partial charge in [-0.05, 0) is 24.3 Å². The van der Waals surface area contributed by atoms with Gasteiger partial charge in [0.15, 0.2) is 0 Å². The number of hydrogen-bond acceptors (Lipinski definition) is 3. The van der Waals surface area contributed by atoms with E-state index in [-0.39, 0.29) is 5.41 Å². The summed E-state index contributed by atoms with van der Waals surface area (Å²) in [5.41, 5.74) is 4.88. The van der Waals surface area contributed by atoms with Crippen LogP contribution >= 0.6 is 0 Å². The molecule has 0 bridgehead atoms. The van der Waals surface area contributed by atoms with Crippen LogP contribution in [0, 0.1) is 0 Å². The Balaban J connectivity index is 2.44. The first kappa shape index (κ1) is 15.5. The lowest BCUT2D eigenvalue weighted by Crippen LogP contribution is -2.10. The fourth-order valence-corrected chi connectivity index (χ4v) is 2.44. The molecule has 0 aliphatic heterocycles. The number of benzene rings is 1. The van der Waals surface area contributed by atoms with E-state index in [1.807, 2.05) is 0 Å². The molecule has 3 nitrogen and oxygen atoms in total. The van der Waals surface area contributed by atoms with Crippen LogP contribution in [0.2, 0.25) is 0 Å². The van der Waals surface area contributed by atoms with Gasteiger partial charge < -0.3 is 5.32 Å². The normalized spacial score (nSPS) is 11.5. The molecule has 0 aliphatic rings. The molecule has 0 unspecified atom stereocenters. The molecule has 1 N–H and O–H groups in total. The Bertz CT molecular complexity index is 595. The van der Waals surface area contributed by atoms with Gasteiger partial charge >= 0.3 is 0 Å². The minimum Gasteiger partial charge on any atom is -0.370 e. The van der Waals surface area contributed by atoms with Gasteiger partial charge in [0.25, 0.3) is 0 Å². The number of nitrogens with one attached hydrogen (secondary N) is 1. The summed E-state index contributed by atoms with van der Waals surface area (Å²) < 4.78 is 0. The smallest absolute Gasteiger partial charge is 0.133 e. The average Bonchev–Trinajstić information content (AvgIpc) is 2.46. The largest absolute Gasteiger partial charge is 0.370 e. The summed E-state index contributed by atoms with van der Waals surface area (Å²) in [5.74, 6) is 0.949. The van der Waals surface area contributed by atoms with E-state index < -0.39 is 0 Å². The highest BCUT2D eigenvalue weighted by Gasteiger charge is 2.15. The highest BCUT2D eigenvalue weighted by molar-refractivity contribution is 5.68. The van der Waals surface area contributed by atoms with Crippen molar-refractivity contribution >= 4 is 5.82 Å². The molecule has 1 heterocycles. The molecule has 0 spiro atoms. The minimum absolute atomic E-state index is 0.173.